The van der Waals surface area contributed by atoms with Gasteiger partial charge in [-0.05, 0) is 0 Å². The second-order valence-electron chi connectivity index (χ2n) is 2.70. The number of ether oxygens (including phenoxy) is 1. The van der Waals surface area contributed by atoms with E-state index in [2.05, 4.69) is 5.10 Å². The van der Waals surface area contributed by atoms with Crippen molar-refractivity contribution < 1.29 is 4.74 Å². The standard InChI is InChI=1S/C7H10ClN3O/c8-6-5(4-9)7-11(10-6)2-1-3-12-7/h1-4,9H2. The van der Waals surface area contributed by atoms with Crippen LogP contribution in [0.15, 0.2) is 0 Å². The molecular weight excluding hydrogens is 178 g/mol. The average molecular weight is 188 g/mol. The van der Waals surface area contributed by atoms with Crippen molar-refractivity contribution in [3.8, 4) is 5.88 Å². The van der Waals surface area contributed by atoms with E-state index in [1.54, 1.807) is 4.68 Å². The van der Waals surface area contributed by atoms with Gasteiger partial charge in [0.05, 0.1) is 12.2 Å². The van der Waals surface area contributed by atoms with E-state index in [0.717, 1.165) is 31.0 Å². The third-order valence-electron chi connectivity index (χ3n) is 1.91. The lowest BCUT2D eigenvalue weighted by atomic mass is 10.3. The Morgan fingerprint density at radius 3 is 3.25 bits per heavy atom. The molecule has 0 bridgehead atoms. The van der Waals surface area contributed by atoms with E-state index in [-0.39, 0.29) is 0 Å². The molecule has 0 fully saturated rings. The van der Waals surface area contributed by atoms with Crippen molar-refractivity contribution in [2.75, 3.05) is 6.61 Å². The minimum atomic E-state index is 0.383. The van der Waals surface area contributed by atoms with E-state index < -0.39 is 0 Å². The van der Waals surface area contributed by atoms with Crippen LogP contribution in [0.2, 0.25) is 5.15 Å². The van der Waals surface area contributed by atoms with Crippen molar-refractivity contribution in [1.82, 2.24) is 9.78 Å². The molecular formula is C7H10ClN3O. The summed E-state index contributed by atoms with van der Waals surface area (Å²) in [5, 5.41) is 4.57. The van der Waals surface area contributed by atoms with Crippen LogP contribution in [0.25, 0.3) is 0 Å². The van der Waals surface area contributed by atoms with Crippen molar-refractivity contribution in [1.29, 1.82) is 0 Å². The predicted octanol–water partition coefficient (Wildman–Crippen LogP) is 0.778. The molecule has 0 unspecified atom stereocenters. The topological polar surface area (TPSA) is 53.1 Å². The summed E-state index contributed by atoms with van der Waals surface area (Å²) < 4.78 is 7.17. The molecule has 5 heteroatoms. The van der Waals surface area contributed by atoms with E-state index in [1.165, 1.54) is 0 Å². The first-order valence-electron chi connectivity index (χ1n) is 3.91. The van der Waals surface area contributed by atoms with Gasteiger partial charge in [-0.1, -0.05) is 11.6 Å². The molecule has 1 aliphatic rings. The Morgan fingerprint density at radius 1 is 1.67 bits per heavy atom. The number of hydrogen-bond donors (Lipinski definition) is 1. The first-order chi connectivity index (χ1) is 5.83. The summed E-state index contributed by atoms with van der Waals surface area (Å²) in [6.07, 6.45) is 0.981. The van der Waals surface area contributed by atoms with E-state index in [4.69, 9.17) is 22.1 Å². The molecule has 1 aromatic heterocycles. The number of rotatable bonds is 1. The largest absolute Gasteiger partial charge is 0.477 e. The number of nitrogens with two attached hydrogens (primary N) is 1. The zero-order chi connectivity index (χ0) is 8.55. The summed E-state index contributed by atoms with van der Waals surface area (Å²) in [6.45, 7) is 1.98. The van der Waals surface area contributed by atoms with Crippen LogP contribution >= 0.6 is 11.6 Å². The smallest absolute Gasteiger partial charge is 0.217 e. The third-order valence-corrected chi connectivity index (χ3v) is 2.21. The van der Waals surface area contributed by atoms with Gasteiger partial charge in [-0.15, -0.1) is 0 Å². The van der Waals surface area contributed by atoms with Crippen LogP contribution in [0.5, 0.6) is 5.88 Å². The summed E-state index contributed by atoms with van der Waals surface area (Å²) >= 11 is 5.84. The van der Waals surface area contributed by atoms with Gasteiger partial charge in [0.25, 0.3) is 0 Å². The van der Waals surface area contributed by atoms with Crippen molar-refractivity contribution in [2.24, 2.45) is 5.73 Å². The molecule has 4 nitrogen and oxygen atoms in total. The summed E-state index contributed by atoms with van der Waals surface area (Å²) in [5.74, 6) is 0.744. The van der Waals surface area contributed by atoms with Gasteiger partial charge < -0.3 is 10.5 Å². The van der Waals surface area contributed by atoms with Crippen LogP contribution in [0.4, 0.5) is 0 Å². The Balaban J connectivity index is 2.46. The Labute approximate surface area is 75.2 Å². The van der Waals surface area contributed by atoms with Crippen molar-refractivity contribution in [3.05, 3.63) is 10.7 Å². The fourth-order valence-corrected chi connectivity index (χ4v) is 1.57. The number of aryl methyl sites for hydroxylation is 1. The maximum Gasteiger partial charge on any atom is 0.217 e. The lowest BCUT2D eigenvalue weighted by Gasteiger charge is -2.15. The Kier molecular flexibility index (Phi) is 1.94. The van der Waals surface area contributed by atoms with Crippen LogP contribution < -0.4 is 10.5 Å². The van der Waals surface area contributed by atoms with Gasteiger partial charge in [0.15, 0.2) is 5.15 Å². The van der Waals surface area contributed by atoms with Gasteiger partial charge in [-0.3, -0.25) is 0 Å². The van der Waals surface area contributed by atoms with E-state index in [1.807, 2.05) is 0 Å². The molecule has 66 valence electrons. The van der Waals surface area contributed by atoms with Crippen molar-refractivity contribution in [3.63, 3.8) is 0 Å². The molecule has 0 atom stereocenters. The molecule has 1 aromatic rings. The van der Waals surface area contributed by atoms with E-state index >= 15 is 0 Å². The molecule has 1 aliphatic heterocycles. The number of aromatic nitrogens is 2. The molecule has 2 heterocycles. The molecule has 12 heavy (non-hydrogen) atoms. The fourth-order valence-electron chi connectivity index (χ4n) is 1.32. The highest BCUT2D eigenvalue weighted by molar-refractivity contribution is 6.30. The minimum Gasteiger partial charge on any atom is -0.477 e. The fraction of sp³-hybridized carbons (Fsp3) is 0.571. The molecule has 2 rings (SSSR count). The summed E-state index contributed by atoms with van der Waals surface area (Å²) in [5.41, 5.74) is 6.32. The average Bonchev–Trinajstić information content (AvgIpc) is 2.40. The van der Waals surface area contributed by atoms with E-state index in [0.29, 0.717) is 11.7 Å². The second-order valence-corrected chi connectivity index (χ2v) is 3.06. The Bertz CT molecular complexity index is 297. The van der Waals surface area contributed by atoms with Gasteiger partial charge in [0.2, 0.25) is 5.88 Å². The van der Waals surface area contributed by atoms with Crippen molar-refractivity contribution in [2.45, 2.75) is 19.5 Å². The van der Waals surface area contributed by atoms with E-state index in [9.17, 15) is 0 Å². The van der Waals surface area contributed by atoms with Crippen LogP contribution in [-0.2, 0) is 13.1 Å². The van der Waals surface area contributed by atoms with Gasteiger partial charge in [0.1, 0.15) is 0 Å². The number of nitrogens with zero attached hydrogens (tertiary/aromatic N) is 2. The maximum atomic E-state index is 5.84. The van der Waals surface area contributed by atoms with Crippen molar-refractivity contribution >= 4 is 11.6 Å². The van der Waals surface area contributed by atoms with Crippen LogP contribution in [-0.4, -0.2) is 16.4 Å². The summed E-state index contributed by atoms with van der Waals surface area (Å²) in [4.78, 5) is 0. The van der Waals surface area contributed by atoms with Crippen LogP contribution in [0, 0.1) is 0 Å². The van der Waals surface area contributed by atoms with Gasteiger partial charge in [0, 0.05) is 19.5 Å². The molecule has 0 saturated heterocycles. The zero-order valence-corrected chi connectivity index (χ0v) is 7.34. The molecule has 0 aliphatic carbocycles. The Morgan fingerprint density at radius 2 is 2.50 bits per heavy atom. The quantitative estimate of drug-likeness (QED) is 0.707. The highest BCUT2D eigenvalue weighted by Crippen LogP contribution is 2.28. The summed E-state index contributed by atoms with van der Waals surface area (Å²) in [7, 11) is 0. The SMILES string of the molecule is NCc1c(Cl)nn2c1OCCC2. The van der Waals surface area contributed by atoms with Crippen LogP contribution in [0.1, 0.15) is 12.0 Å². The van der Waals surface area contributed by atoms with Gasteiger partial charge in [-0.25, -0.2) is 4.68 Å². The molecule has 0 amide bonds. The van der Waals surface area contributed by atoms with Gasteiger partial charge >= 0.3 is 0 Å². The first kappa shape index (κ1) is 7.89. The highest BCUT2D eigenvalue weighted by Gasteiger charge is 2.19. The summed E-state index contributed by atoms with van der Waals surface area (Å²) in [6, 6.07) is 0. The molecule has 2 N–H and O–H groups in total. The lowest BCUT2D eigenvalue weighted by molar-refractivity contribution is 0.228. The van der Waals surface area contributed by atoms with Gasteiger partial charge in [-0.2, -0.15) is 5.10 Å². The first-order valence-corrected chi connectivity index (χ1v) is 4.28. The van der Waals surface area contributed by atoms with Crippen LogP contribution in [0.3, 0.4) is 0 Å². The number of halogens is 1. The normalized spacial score (nSPS) is 15.5. The maximum absolute atomic E-state index is 5.84. The number of fused-ring (bicyclic) bond motifs is 1. The minimum absolute atomic E-state index is 0.383. The molecule has 0 radical (unpaired) electrons. The zero-order valence-electron chi connectivity index (χ0n) is 6.59. The molecule has 0 saturated carbocycles. The molecule has 0 aromatic carbocycles. The monoisotopic (exact) mass is 187 g/mol. The lowest BCUT2D eigenvalue weighted by Crippen LogP contribution is -2.15. The highest BCUT2D eigenvalue weighted by atomic mass is 35.5. The predicted molar refractivity (Wildman–Crippen MR) is 45.2 cm³/mol. The third kappa shape index (κ3) is 1.07. The Hall–Kier alpha value is -0.740. The number of hydrogen-bond acceptors (Lipinski definition) is 3. The molecule has 0 spiro atoms. The second kappa shape index (κ2) is 2.95.